The zero-order chi connectivity index (χ0) is 10.4. The van der Waals surface area contributed by atoms with E-state index in [9.17, 15) is 4.79 Å². The van der Waals surface area contributed by atoms with Crippen LogP contribution < -0.4 is 16.0 Å². The molecule has 0 radical (unpaired) electrons. The van der Waals surface area contributed by atoms with Gasteiger partial charge in [0.2, 0.25) is 0 Å². The van der Waals surface area contributed by atoms with Crippen molar-refractivity contribution in [2.24, 2.45) is 5.84 Å². The first-order chi connectivity index (χ1) is 6.79. The maximum atomic E-state index is 11.3. The van der Waals surface area contributed by atoms with E-state index in [0.717, 1.165) is 0 Å². The number of ether oxygens (including phenoxy) is 1. The lowest BCUT2D eigenvalue weighted by atomic mass is 10.2. The van der Waals surface area contributed by atoms with Crippen molar-refractivity contribution in [2.75, 3.05) is 12.4 Å². The fourth-order valence-electron chi connectivity index (χ4n) is 1.01. The number of carbonyl (C=O) groups excluding carboxylic acids is 1. The van der Waals surface area contributed by atoms with Gasteiger partial charge in [-0.25, -0.2) is 5.84 Å². The summed E-state index contributed by atoms with van der Waals surface area (Å²) in [7, 11) is 0. The summed E-state index contributed by atoms with van der Waals surface area (Å²) in [5, 5.41) is 0. The maximum absolute atomic E-state index is 11.3. The molecule has 0 unspecified atom stereocenters. The number of nitrogen functional groups attached to an aromatic ring is 1. The van der Waals surface area contributed by atoms with Crippen LogP contribution in [-0.4, -0.2) is 18.3 Å². The van der Waals surface area contributed by atoms with Crippen LogP contribution in [0.3, 0.4) is 0 Å². The molecule has 14 heavy (non-hydrogen) atoms. The van der Waals surface area contributed by atoms with Crippen LogP contribution in [0.1, 0.15) is 10.4 Å². The molecule has 0 saturated carbocycles. The zero-order valence-electron chi connectivity index (χ0n) is 7.56. The summed E-state index contributed by atoms with van der Waals surface area (Å²) in [6.07, 6.45) is 0. The van der Waals surface area contributed by atoms with E-state index in [0.29, 0.717) is 23.7 Å². The Hall–Kier alpha value is -1.20. The molecule has 1 aromatic rings. The minimum Gasteiger partial charge on any atom is -0.492 e. The molecule has 1 rings (SSSR count). The van der Waals surface area contributed by atoms with Gasteiger partial charge < -0.3 is 4.74 Å². The highest BCUT2D eigenvalue weighted by Gasteiger charge is 2.09. The Morgan fingerprint density at radius 1 is 1.50 bits per heavy atom. The summed E-state index contributed by atoms with van der Waals surface area (Å²) in [4.78, 5) is 11.3. The van der Waals surface area contributed by atoms with Gasteiger partial charge in [0.15, 0.2) is 0 Å². The second-order valence-corrected chi connectivity index (χ2v) is 2.99. The molecular weight excluding hydrogens is 200 g/mol. The molecular formula is C9H12N2O2S. The molecule has 0 fully saturated rings. The molecule has 1 aromatic carbocycles. The van der Waals surface area contributed by atoms with Gasteiger partial charge in [0.25, 0.3) is 5.91 Å². The second kappa shape index (κ2) is 5.51. The average Bonchev–Trinajstić information content (AvgIpc) is 2.25. The Morgan fingerprint density at radius 2 is 2.21 bits per heavy atom. The van der Waals surface area contributed by atoms with E-state index in [-0.39, 0.29) is 5.91 Å². The fourth-order valence-corrected chi connectivity index (χ4v) is 1.10. The summed E-state index contributed by atoms with van der Waals surface area (Å²) < 4.78 is 5.32. The molecule has 76 valence electrons. The lowest BCUT2D eigenvalue weighted by Crippen LogP contribution is -2.30. The SMILES string of the molecule is NNC(=O)c1ccccc1OCCS. The van der Waals surface area contributed by atoms with E-state index in [2.05, 4.69) is 18.1 Å². The summed E-state index contributed by atoms with van der Waals surface area (Å²) in [5.41, 5.74) is 2.49. The third-order valence-electron chi connectivity index (χ3n) is 1.61. The molecule has 3 N–H and O–H groups in total. The number of amides is 1. The van der Waals surface area contributed by atoms with Gasteiger partial charge in [-0.2, -0.15) is 12.6 Å². The quantitative estimate of drug-likeness (QED) is 0.296. The monoisotopic (exact) mass is 212 g/mol. The van der Waals surface area contributed by atoms with Crippen molar-refractivity contribution >= 4 is 18.5 Å². The van der Waals surface area contributed by atoms with Crippen molar-refractivity contribution in [3.8, 4) is 5.75 Å². The predicted octanol–water partition coefficient (Wildman–Crippen LogP) is 0.599. The first-order valence-electron chi connectivity index (χ1n) is 4.13. The summed E-state index contributed by atoms with van der Waals surface area (Å²) >= 11 is 4.01. The molecule has 0 spiro atoms. The van der Waals surface area contributed by atoms with E-state index in [1.54, 1.807) is 24.3 Å². The highest BCUT2D eigenvalue weighted by molar-refractivity contribution is 7.80. The summed E-state index contributed by atoms with van der Waals surface area (Å²) in [6, 6.07) is 6.91. The van der Waals surface area contributed by atoms with Crippen LogP contribution in [0.25, 0.3) is 0 Å². The van der Waals surface area contributed by atoms with Gasteiger partial charge in [-0.15, -0.1) is 0 Å². The van der Waals surface area contributed by atoms with Crippen molar-refractivity contribution in [3.63, 3.8) is 0 Å². The van der Waals surface area contributed by atoms with Crippen molar-refractivity contribution in [2.45, 2.75) is 0 Å². The number of nitrogens with one attached hydrogen (secondary N) is 1. The lowest BCUT2D eigenvalue weighted by Gasteiger charge is -2.08. The fraction of sp³-hybridized carbons (Fsp3) is 0.222. The summed E-state index contributed by atoms with van der Waals surface area (Å²) in [6.45, 7) is 0.456. The largest absolute Gasteiger partial charge is 0.492 e. The maximum Gasteiger partial charge on any atom is 0.268 e. The van der Waals surface area contributed by atoms with Crippen molar-refractivity contribution in [1.82, 2.24) is 5.43 Å². The van der Waals surface area contributed by atoms with Crippen molar-refractivity contribution in [1.29, 1.82) is 0 Å². The molecule has 0 bridgehead atoms. The zero-order valence-corrected chi connectivity index (χ0v) is 8.46. The molecule has 0 saturated heterocycles. The van der Waals surface area contributed by atoms with E-state index in [1.807, 2.05) is 0 Å². The number of hydrazine groups is 1. The normalized spacial score (nSPS) is 9.57. The van der Waals surface area contributed by atoms with E-state index in [4.69, 9.17) is 10.6 Å². The number of hydrogen-bond acceptors (Lipinski definition) is 4. The number of hydrogen-bond donors (Lipinski definition) is 3. The predicted molar refractivity (Wildman–Crippen MR) is 57.4 cm³/mol. The Labute approximate surface area is 87.8 Å². The van der Waals surface area contributed by atoms with E-state index in [1.165, 1.54) is 0 Å². The lowest BCUT2D eigenvalue weighted by molar-refractivity contribution is 0.0950. The molecule has 0 aromatic heterocycles. The highest BCUT2D eigenvalue weighted by atomic mass is 32.1. The van der Waals surface area contributed by atoms with Gasteiger partial charge in [-0.1, -0.05) is 12.1 Å². The molecule has 5 heteroatoms. The Bertz CT molecular complexity index is 317. The molecule has 0 aliphatic rings. The number of nitrogens with two attached hydrogens (primary N) is 1. The summed E-state index contributed by atoms with van der Waals surface area (Å²) in [5.74, 6) is 5.78. The number of thiol groups is 1. The van der Waals surface area contributed by atoms with Gasteiger partial charge in [0.1, 0.15) is 5.75 Å². The number of para-hydroxylation sites is 1. The first-order valence-corrected chi connectivity index (χ1v) is 4.76. The Kier molecular flexibility index (Phi) is 4.28. The van der Waals surface area contributed by atoms with Crippen LogP contribution in [0.4, 0.5) is 0 Å². The van der Waals surface area contributed by atoms with E-state index < -0.39 is 0 Å². The van der Waals surface area contributed by atoms with Gasteiger partial charge in [0.05, 0.1) is 12.2 Å². The molecule has 0 aliphatic heterocycles. The minimum atomic E-state index is -0.361. The second-order valence-electron chi connectivity index (χ2n) is 2.54. The topological polar surface area (TPSA) is 64.3 Å². The Balaban J connectivity index is 2.85. The molecule has 0 heterocycles. The van der Waals surface area contributed by atoms with Gasteiger partial charge >= 0.3 is 0 Å². The third-order valence-corrected chi connectivity index (χ3v) is 1.79. The number of carbonyl (C=O) groups is 1. The molecule has 4 nitrogen and oxygen atoms in total. The molecule has 0 aliphatic carbocycles. The van der Waals surface area contributed by atoms with Crippen LogP contribution in [-0.2, 0) is 0 Å². The van der Waals surface area contributed by atoms with Crippen LogP contribution in [0.5, 0.6) is 5.75 Å². The van der Waals surface area contributed by atoms with Crippen LogP contribution in [0, 0.1) is 0 Å². The first kappa shape index (κ1) is 10.9. The Morgan fingerprint density at radius 3 is 2.86 bits per heavy atom. The molecule has 1 amide bonds. The van der Waals surface area contributed by atoms with E-state index >= 15 is 0 Å². The highest BCUT2D eigenvalue weighted by Crippen LogP contribution is 2.17. The van der Waals surface area contributed by atoms with Crippen molar-refractivity contribution in [3.05, 3.63) is 29.8 Å². The average molecular weight is 212 g/mol. The van der Waals surface area contributed by atoms with Crippen LogP contribution >= 0.6 is 12.6 Å². The van der Waals surface area contributed by atoms with Gasteiger partial charge in [0, 0.05) is 5.75 Å². The van der Waals surface area contributed by atoms with Crippen LogP contribution in [0.15, 0.2) is 24.3 Å². The van der Waals surface area contributed by atoms with Gasteiger partial charge in [-0.3, -0.25) is 10.2 Å². The smallest absolute Gasteiger partial charge is 0.268 e. The van der Waals surface area contributed by atoms with Crippen molar-refractivity contribution < 1.29 is 9.53 Å². The standard InChI is InChI=1S/C9H12N2O2S/c10-11-9(12)7-3-1-2-4-8(7)13-5-6-14/h1-4,14H,5-6,10H2,(H,11,12). The number of benzene rings is 1. The number of rotatable bonds is 4. The van der Waals surface area contributed by atoms with Gasteiger partial charge in [-0.05, 0) is 12.1 Å². The van der Waals surface area contributed by atoms with Crippen LogP contribution in [0.2, 0.25) is 0 Å². The minimum absolute atomic E-state index is 0.361. The third kappa shape index (κ3) is 2.65. The molecule has 0 atom stereocenters.